The molecule has 0 aliphatic carbocycles. The summed E-state index contributed by atoms with van der Waals surface area (Å²) in [6.07, 6.45) is 0. The summed E-state index contributed by atoms with van der Waals surface area (Å²) < 4.78 is 9.50. The summed E-state index contributed by atoms with van der Waals surface area (Å²) in [5.41, 5.74) is 0. The monoisotopic (exact) mass is 93.0 g/mol. The van der Waals surface area contributed by atoms with Crippen molar-refractivity contribution in [1.29, 1.82) is 0 Å². The van der Waals surface area contributed by atoms with Crippen LogP contribution in [0.2, 0.25) is 0 Å². The van der Waals surface area contributed by atoms with Crippen LogP contribution in [0.4, 0.5) is 0 Å². The summed E-state index contributed by atoms with van der Waals surface area (Å²) in [4.78, 5) is 0. The topological polar surface area (TPSA) is 29.1 Å². The fraction of sp³-hybridized carbons (Fsp3) is 1.00. The highest BCUT2D eigenvalue weighted by Gasteiger charge is 1.59. The SMILES string of the molecule is CCN[PH2]=O. The molecule has 0 fully saturated rings. The van der Waals surface area contributed by atoms with Gasteiger partial charge in [0.2, 0.25) is 0 Å². The van der Waals surface area contributed by atoms with E-state index in [1.165, 1.54) is 0 Å². The van der Waals surface area contributed by atoms with Crippen LogP contribution in [-0.4, -0.2) is 6.54 Å². The van der Waals surface area contributed by atoms with Gasteiger partial charge in [0, 0.05) is 0 Å². The number of rotatable bonds is 2. The Kier molecular flexibility index (Phi) is 4.35. The van der Waals surface area contributed by atoms with E-state index in [-0.39, 0.29) is 0 Å². The van der Waals surface area contributed by atoms with E-state index in [0.29, 0.717) is 0 Å². The van der Waals surface area contributed by atoms with Crippen LogP contribution < -0.4 is 5.09 Å². The molecule has 0 aromatic heterocycles. The predicted octanol–water partition coefficient (Wildman–Crippen LogP) is 0.267. The maximum atomic E-state index is 9.50. The van der Waals surface area contributed by atoms with Crippen molar-refractivity contribution >= 4 is 8.61 Å². The van der Waals surface area contributed by atoms with Gasteiger partial charge in [0.15, 0.2) is 0 Å². The summed E-state index contributed by atoms with van der Waals surface area (Å²) in [7, 11) is -0.714. The normalized spacial score (nSPS) is 10.6. The maximum Gasteiger partial charge on any atom is 0.124 e. The molecule has 0 bridgehead atoms. The van der Waals surface area contributed by atoms with Gasteiger partial charge in [-0.15, -0.1) is 0 Å². The third kappa shape index (κ3) is 4.19. The molecule has 0 radical (unpaired) electrons. The molecule has 0 aromatic carbocycles. The summed E-state index contributed by atoms with van der Waals surface area (Å²) >= 11 is 0. The van der Waals surface area contributed by atoms with Gasteiger partial charge in [-0.1, -0.05) is 6.92 Å². The average Bonchev–Trinajstić information content (AvgIpc) is 1.41. The van der Waals surface area contributed by atoms with E-state index in [1.807, 2.05) is 6.92 Å². The van der Waals surface area contributed by atoms with Gasteiger partial charge in [0.1, 0.15) is 8.61 Å². The summed E-state index contributed by atoms with van der Waals surface area (Å²) in [6.45, 7) is 2.74. The molecule has 2 nitrogen and oxygen atoms in total. The van der Waals surface area contributed by atoms with Crippen LogP contribution in [0.3, 0.4) is 0 Å². The van der Waals surface area contributed by atoms with Gasteiger partial charge in [-0.25, -0.2) is 0 Å². The van der Waals surface area contributed by atoms with Gasteiger partial charge in [-0.2, -0.15) is 0 Å². The molecule has 0 saturated carbocycles. The van der Waals surface area contributed by atoms with Gasteiger partial charge < -0.3 is 4.57 Å². The molecule has 3 heteroatoms. The Morgan fingerprint density at radius 2 is 2.60 bits per heavy atom. The van der Waals surface area contributed by atoms with E-state index < -0.39 is 8.61 Å². The quantitative estimate of drug-likeness (QED) is 0.496. The largest absolute Gasteiger partial charge is 0.313 e. The number of hydrogen-bond acceptors (Lipinski definition) is 1. The molecule has 0 aromatic rings. The molecule has 0 amide bonds. The van der Waals surface area contributed by atoms with Crippen LogP contribution >= 0.6 is 8.61 Å². The van der Waals surface area contributed by atoms with Crippen molar-refractivity contribution in [2.45, 2.75) is 6.92 Å². The predicted molar refractivity (Wildman–Crippen MR) is 24.1 cm³/mol. The number of nitrogens with one attached hydrogen (secondary N) is 1. The van der Waals surface area contributed by atoms with Crippen LogP contribution in [0.1, 0.15) is 6.92 Å². The lowest BCUT2D eigenvalue weighted by Gasteiger charge is -1.76. The Bertz CT molecular complexity index is 30.8. The van der Waals surface area contributed by atoms with Crippen LogP contribution in [0.5, 0.6) is 0 Å². The Balaban J connectivity index is 2.40. The summed E-state index contributed by atoms with van der Waals surface area (Å²) in [6, 6.07) is 0. The van der Waals surface area contributed by atoms with E-state index in [1.54, 1.807) is 0 Å². The maximum absolute atomic E-state index is 9.50. The second-order valence-corrected chi connectivity index (χ2v) is 1.32. The molecule has 0 spiro atoms. The Hall–Kier alpha value is 0.190. The first-order valence-corrected chi connectivity index (χ1v) is 2.63. The molecular formula is C2H8NOP. The van der Waals surface area contributed by atoms with Crippen molar-refractivity contribution in [3.8, 4) is 0 Å². The molecule has 0 aliphatic heterocycles. The van der Waals surface area contributed by atoms with Crippen molar-refractivity contribution in [2.75, 3.05) is 6.54 Å². The molecule has 0 saturated heterocycles. The molecule has 0 rings (SSSR count). The first-order valence-electron chi connectivity index (χ1n) is 1.59. The highest BCUT2D eigenvalue weighted by molar-refractivity contribution is 7.21. The van der Waals surface area contributed by atoms with E-state index in [0.717, 1.165) is 6.54 Å². The van der Waals surface area contributed by atoms with Crippen molar-refractivity contribution in [3.63, 3.8) is 0 Å². The zero-order chi connectivity index (χ0) is 4.12. The molecule has 0 heterocycles. The summed E-state index contributed by atoms with van der Waals surface area (Å²) in [5, 5.41) is 2.64. The average molecular weight is 93.1 g/mol. The second-order valence-electron chi connectivity index (χ2n) is 0.676. The van der Waals surface area contributed by atoms with Crippen molar-refractivity contribution in [2.24, 2.45) is 0 Å². The molecule has 1 unspecified atom stereocenters. The molecule has 1 atom stereocenters. The van der Waals surface area contributed by atoms with Crippen LogP contribution in [0.15, 0.2) is 0 Å². The number of hydrogen-bond donors (Lipinski definition) is 1. The highest BCUT2D eigenvalue weighted by atomic mass is 31.1. The van der Waals surface area contributed by atoms with E-state index in [9.17, 15) is 4.57 Å². The van der Waals surface area contributed by atoms with Gasteiger partial charge in [-0.05, 0) is 6.54 Å². The van der Waals surface area contributed by atoms with Crippen molar-refractivity contribution in [3.05, 3.63) is 0 Å². The van der Waals surface area contributed by atoms with E-state index in [2.05, 4.69) is 5.09 Å². The molecule has 0 aliphatic rings. The molecular weight excluding hydrogens is 85.0 g/mol. The third-order valence-corrected chi connectivity index (χ3v) is 0.862. The van der Waals surface area contributed by atoms with Gasteiger partial charge in [0.25, 0.3) is 0 Å². The molecule has 5 heavy (non-hydrogen) atoms. The minimum absolute atomic E-state index is 0.714. The smallest absolute Gasteiger partial charge is 0.124 e. The van der Waals surface area contributed by atoms with Crippen LogP contribution in [0, 0.1) is 0 Å². The van der Waals surface area contributed by atoms with E-state index in [4.69, 9.17) is 0 Å². The van der Waals surface area contributed by atoms with Gasteiger partial charge in [0.05, 0.1) is 0 Å². The third-order valence-electron chi connectivity index (χ3n) is 0.287. The Morgan fingerprint density at radius 1 is 2.00 bits per heavy atom. The van der Waals surface area contributed by atoms with E-state index >= 15 is 0 Å². The Morgan fingerprint density at radius 3 is 2.60 bits per heavy atom. The zero-order valence-corrected chi connectivity index (χ0v) is 4.35. The summed E-state index contributed by atoms with van der Waals surface area (Å²) in [5.74, 6) is 0. The lowest BCUT2D eigenvalue weighted by atomic mass is 10.8. The van der Waals surface area contributed by atoms with Crippen LogP contribution in [-0.2, 0) is 4.57 Å². The fourth-order valence-corrected chi connectivity index (χ4v) is 0.250. The van der Waals surface area contributed by atoms with Gasteiger partial charge in [-0.3, -0.25) is 5.09 Å². The first kappa shape index (κ1) is 5.19. The lowest BCUT2D eigenvalue weighted by Crippen LogP contribution is -1.92. The van der Waals surface area contributed by atoms with Crippen molar-refractivity contribution in [1.82, 2.24) is 5.09 Å². The molecule has 32 valence electrons. The van der Waals surface area contributed by atoms with Gasteiger partial charge >= 0.3 is 0 Å². The second kappa shape index (κ2) is 4.19. The first-order chi connectivity index (χ1) is 2.41. The minimum Gasteiger partial charge on any atom is -0.313 e. The fourth-order valence-electron chi connectivity index (χ4n) is 0.0833. The lowest BCUT2D eigenvalue weighted by molar-refractivity contribution is 0.592. The molecule has 1 N–H and O–H groups in total. The minimum atomic E-state index is -0.714. The highest BCUT2D eigenvalue weighted by Crippen LogP contribution is 1.73. The standard InChI is InChI=1S/C2H8NOP/c1-2-3-5-4/h2,5H2,1H3,(H,3,4). The zero-order valence-electron chi connectivity index (χ0n) is 3.19. The Labute approximate surface area is 32.8 Å². The van der Waals surface area contributed by atoms with Crippen molar-refractivity contribution < 1.29 is 4.57 Å². The van der Waals surface area contributed by atoms with Crippen LogP contribution in [0.25, 0.3) is 0 Å².